The van der Waals surface area contributed by atoms with Crippen LogP contribution in [0.1, 0.15) is 15.9 Å². The quantitative estimate of drug-likeness (QED) is 0.536. The van der Waals surface area contributed by atoms with E-state index in [2.05, 4.69) is 52.6 Å². The first-order valence-corrected chi connectivity index (χ1v) is 10.2. The van der Waals surface area contributed by atoms with Gasteiger partial charge in [-0.2, -0.15) is 0 Å². The highest BCUT2D eigenvalue weighted by atomic mass is 127. The number of aromatic nitrogens is 1. The second kappa shape index (κ2) is 6.92. The van der Waals surface area contributed by atoms with E-state index < -0.39 is 0 Å². The summed E-state index contributed by atoms with van der Waals surface area (Å²) >= 11 is 3.97. The SMILES string of the molecule is Cc1ccc2nc(N3CCN(C(=O)c4ccccc4I)CC3)sc2c1. The second-order valence-electron chi connectivity index (χ2n) is 6.23. The molecule has 1 aliphatic rings. The number of halogens is 1. The van der Waals surface area contributed by atoms with Crippen LogP contribution >= 0.6 is 33.9 Å². The number of benzene rings is 2. The predicted octanol–water partition coefficient (Wildman–Crippen LogP) is 4.17. The molecule has 0 radical (unpaired) electrons. The standard InChI is InChI=1S/C19H18IN3OS/c1-13-6-7-16-17(12-13)25-19(21-16)23-10-8-22(9-11-23)18(24)14-4-2-3-5-15(14)20/h2-7,12H,8-11H2,1H3. The largest absolute Gasteiger partial charge is 0.345 e. The van der Waals surface area contributed by atoms with Crippen LogP contribution in [0.3, 0.4) is 0 Å². The molecule has 0 spiro atoms. The molecule has 6 heteroatoms. The average molecular weight is 463 g/mol. The molecular formula is C19H18IN3OS. The summed E-state index contributed by atoms with van der Waals surface area (Å²) in [6.45, 7) is 5.23. The summed E-state index contributed by atoms with van der Waals surface area (Å²) < 4.78 is 2.24. The topological polar surface area (TPSA) is 36.4 Å². The fraction of sp³-hybridized carbons (Fsp3) is 0.263. The molecule has 0 unspecified atom stereocenters. The lowest BCUT2D eigenvalue weighted by molar-refractivity contribution is 0.0745. The van der Waals surface area contributed by atoms with Crippen LogP contribution in [0.2, 0.25) is 0 Å². The monoisotopic (exact) mass is 463 g/mol. The van der Waals surface area contributed by atoms with Crippen molar-refractivity contribution in [1.82, 2.24) is 9.88 Å². The third-order valence-electron chi connectivity index (χ3n) is 4.47. The van der Waals surface area contributed by atoms with Crippen molar-refractivity contribution in [1.29, 1.82) is 0 Å². The average Bonchev–Trinajstić information content (AvgIpc) is 3.05. The Morgan fingerprint density at radius 1 is 1.12 bits per heavy atom. The van der Waals surface area contributed by atoms with Crippen LogP contribution < -0.4 is 4.90 Å². The van der Waals surface area contributed by atoms with E-state index in [1.165, 1.54) is 10.3 Å². The Labute approximate surface area is 164 Å². The van der Waals surface area contributed by atoms with Gasteiger partial charge in [-0.05, 0) is 59.3 Å². The fourth-order valence-corrected chi connectivity index (χ4v) is 4.79. The van der Waals surface area contributed by atoms with Crippen molar-refractivity contribution in [3.8, 4) is 0 Å². The zero-order chi connectivity index (χ0) is 17.4. The summed E-state index contributed by atoms with van der Waals surface area (Å²) in [6, 6.07) is 14.2. The van der Waals surface area contributed by atoms with Crippen LogP contribution in [-0.4, -0.2) is 42.0 Å². The van der Waals surface area contributed by atoms with E-state index in [9.17, 15) is 4.79 Å². The Balaban J connectivity index is 1.47. The molecule has 2 aromatic carbocycles. The van der Waals surface area contributed by atoms with Crippen molar-refractivity contribution in [2.45, 2.75) is 6.92 Å². The molecule has 1 aromatic heterocycles. The van der Waals surface area contributed by atoms with Gasteiger partial charge < -0.3 is 9.80 Å². The van der Waals surface area contributed by atoms with Gasteiger partial charge in [0.05, 0.1) is 15.8 Å². The van der Waals surface area contributed by atoms with Gasteiger partial charge in [-0.1, -0.05) is 29.5 Å². The van der Waals surface area contributed by atoms with Gasteiger partial charge in [-0.3, -0.25) is 4.79 Å². The first-order chi connectivity index (χ1) is 12.1. The van der Waals surface area contributed by atoms with Gasteiger partial charge in [-0.25, -0.2) is 4.98 Å². The number of carbonyl (C=O) groups is 1. The minimum atomic E-state index is 0.129. The highest BCUT2D eigenvalue weighted by molar-refractivity contribution is 14.1. The molecule has 128 valence electrons. The van der Waals surface area contributed by atoms with Crippen LogP contribution in [0.15, 0.2) is 42.5 Å². The molecule has 0 bridgehead atoms. The van der Waals surface area contributed by atoms with E-state index >= 15 is 0 Å². The molecule has 1 fully saturated rings. The van der Waals surface area contributed by atoms with Gasteiger partial charge in [-0.15, -0.1) is 0 Å². The maximum absolute atomic E-state index is 12.7. The van der Waals surface area contributed by atoms with Gasteiger partial charge in [0.2, 0.25) is 0 Å². The minimum absolute atomic E-state index is 0.129. The van der Waals surface area contributed by atoms with Crippen LogP contribution in [0.25, 0.3) is 10.2 Å². The second-order valence-corrected chi connectivity index (χ2v) is 8.40. The summed E-state index contributed by atoms with van der Waals surface area (Å²) in [6.07, 6.45) is 0. The Morgan fingerprint density at radius 2 is 1.88 bits per heavy atom. The molecule has 1 amide bonds. The van der Waals surface area contributed by atoms with Crippen LogP contribution in [0.4, 0.5) is 5.13 Å². The third kappa shape index (κ3) is 3.37. The highest BCUT2D eigenvalue weighted by Crippen LogP contribution is 2.30. The summed E-state index contributed by atoms with van der Waals surface area (Å²) in [5.41, 5.74) is 3.12. The molecule has 1 saturated heterocycles. The zero-order valence-electron chi connectivity index (χ0n) is 13.9. The van der Waals surface area contributed by atoms with Crippen molar-refractivity contribution in [3.63, 3.8) is 0 Å². The number of aryl methyl sites for hydroxylation is 1. The van der Waals surface area contributed by atoms with E-state index in [0.29, 0.717) is 0 Å². The molecule has 0 N–H and O–H groups in total. The van der Waals surface area contributed by atoms with Crippen molar-refractivity contribution in [3.05, 3.63) is 57.2 Å². The number of amides is 1. The smallest absolute Gasteiger partial charge is 0.255 e. The minimum Gasteiger partial charge on any atom is -0.345 e. The Hall–Kier alpha value is -1.67. The number of carbonyl (C=O) groups excluding carboxylic acids is 1. The van der Waals surface area contributed by atoms with Crippen molar-refractivity contribution in [2.75, 3.05) is 31.1 Å². The van der Waals surface area contributed by atoms with E-state index in [1.54, 1.807) is 11.3 Å². The van der Waals surface area contributed by atoms with E-state index in [-0.39, 0.29) is 5.91 Å². The summed E-state index contributed by atoms with van der Waals surface area (Å²) in [5, 5.41) is 1.06. The number of fused-ring (bicyclic) bond motifs is 1. The van der Waals surface area contributed by atoms with E-state index in [1.807, 2.05) is 29.2 Å². The number of rotatable bonds is 2. The molecule has 4 nitrogen and oxygen atoms in total. The van der Waals surface area contributed by atoms with E-state index in [0.717, 1.165) is 46.0 Å². The van der Waals surface area contributed by atoms with Gasteiger partial charge in [0, 0.05) is 29.7 Å². The lowest BCUT2D eigenvalue weighted by Crippen LogP contribution is -2.48. The van der Waals surface area contributed by atoms with Gasteiger partial charge in [0.1, 0.15) is 0 Å². The van der Waals surface area contributed by atoms with Gasteiger partial charge >= 0.3 is 0 Å². The number of nitrogens with zero attached hydrogens (tertiary/aromatic N) is 3. The van der Waals surface area contributed by atoms with E-state index in [4.69, 9.17) is 4.98 Å². The lowest BCUT2D eigenvalue weighted by Gasteiger charge is -2.34. The number of anilines is 1. The molecule has 0 saturated carbocycles. The van der Waals surface area contributed by atoms with Crippen molar-refractivity contribution in [2.24, 2.45) is 0 Å². The number of piperazine rings is 1. The summed E-state index contributed by atoms with van der Waals surface area (Å²) in [5.74, 6) is 0.129. The fourth-order valence-electron chi connectivity index (χ4n) is 3.06. The predicted molar refractivity (Wildman–Crippen MR) is 112 cm³/mol. The molecule has 0 atom stereocenters. The summed E-state index contributed by atoms with van der Waals surface area (Å²) in [4.78, 5) is 21.7. The highest BCUT2D eigenvalue weighted by Gasteiger charge is 2.24. The summed E-state index contributed by atoms with van der Waals surface area (Å²) in [7, 11) is 0. The molecule has 25 heavy (non-hydrogen) atoms. The lowest BCUT2D eigenvalue weighted by atomic mass is 10.2. The van der Waals surface area contributed by atoms with Gasteiger partial charge in [0.25, 0.3) is 5.91 Å². The Morgan fingerprint density at radius 3 is 2.64 bits per heavy atom. The molecule has 4 rings (SSSR count). The molecule has 2 heterocycles. The first-order valence-electron chi connectivity index (χ1n) is 8.28. The molecule has 3 aromatic rings. The van der Waals surface area contributed by atoms with Gasteiger partial charge in [0.15, 0.2) is 5.13 Å². The molecular weight excluding hydrogens is 445 g/mol. The number of hydrogen-bond donors (Lipinski definition) is 0. The van der Waals surface area contributed by atoms with Crippen molar-refractivity contribution >= 4 is 55.2 Å². The van der Waals surface area contributed by atoms with Crippen LogP contribution in [0, 0.1) is 10.5 Å². The molecule has 0 aliphatic carbocycles. The third-order valence-corrected chi connectivity index (χ3v) is 6.49. The molecule has 1 aliphatic heterocycles. The van der Waals surface area contributed by atoms with Crippen molar-refractivity contribution < 1.29 is 4.79 Å². The maximum Gasteiger partial charge on any atom is 0.255 e. The maximum atomic E-state index is 12.7. The normalized spacial score (nSPS) is 15.0. The number of hydrogen-bond acceptors (Lipinski definition) is 4. The Bertz CT molecular complexity index is 931. The van der Waals surface area contributed by atoms with Crippen LogP contribution in [-0.2, 0) is 0 Å². The number of thiazole rings is 1. The Kier molecular flexibility index (Phi) is 4.64. The first kappa shape index (κ1) is 16.8. The zero-order valence-corrected chi connectivity index (χ0v) is 16.9. The van der Waals surface area contributed by atoms with Crippen LogP contribution in [0.5, 0.6) is 0 Å².